The fourth-order valence-electron chi connectivity index (χ4n) is 4.39. The standard InChI is InChI=1S/C20H23N3OS/c24-20(22-14-2-1-3-14)12-4-5-17-16(10-12)19-15(6-8-21-19)18(23-17)13-7-9-25-11-13/h4-5,7,9-11,14-15,18-19,21,23H,1-3,6,8H2,(H,22,24). The van der Waals surface area contributed by atoms with Crippen LogP contribution in [0.5, 0.6) is 0 Å². The molecule has 1 amide bonds. The summed E-state index contributed by atoms with van der Waals surface area (Å²) in [5.41, 5.74) is 4.57. The van der Waals surface area contributed by atoms with Crippen molar-refractivity contribution in [3.63, 3.8) is 0 Å². The number of rotatable bonds is 3. The number of amides is 1. The molecule has 3 heterocycles. The summed E-state index contributed by atoms with van der Waals surface area (Å²) in [5.74, 6) is 0.606. The van der Waals surface area contributed by atoms with Crippen LogP contribution >= 0.6 is 11.3 Å². The van der Waals surface area contributed by atoms with Crippen molar-refractivity contribution in [1.29, 1.82) is 0 Å². The lowest BCUT2D eigenvalue weighted by Crippen LogP contribution is -2.39. The minimum Gasteiger partial charge on any atom is -0.378 e. The van der Waals surface area contributed by atoms with Crippen molar-refractivity contribution >= 4 is 22.9 Å². The Bertz CT molecular complexity index is 784. The summed E-state index contributed by atoms with van der Waals surface area (Å²) in [6.07, 6.45) is 4.63. The molecule has 1 saturated heterocycles. The Morgan fingerprint density at radius 1 is 1.16 bits per heavy atom. The van der Waals surface area contributed by atoms with Crippen LogP contribution in [-0.4, -0.2) is 18.5 Å². The van der Waals surface area contributed by atoms with Crippen LogP contribution in [0.3, 0.4) is 0 Å². The first-order valence-corrected chi connectivity index (χ1v) is 10.2. The summed E-state index contributed by atoms with van der Waals surface area (Å²) in [6, 6.07) is 9.42. The molecule has 3 unspecified atom stereocenters. The van der Waals surface area contributed by atoms with Gasteiger partial charge in [-0.25, -0.2) is 0 Å². The number of benzene rings is 1. The molecule has 4 nitrogen and oxygen atoms in total. The molecule has 3 aliphatic rings. The second-order valence-electron chi connectivity index (χ2n) is 7.47. The Morgan fingerprint density at radius 2 is 2.08 bits per heavy atom. The molecule has 25 heavy (non-hydrogen) atoms. The lowest BCUT2D eigenvalue weighted by Gasteiger charge is -2.37. The van der Waals surface area contributed by atoms with E-state index < -0.39 is 0 Å². The van der Waals surface area contributed by atoms with Gasteiger partial charge < -0.3 is 16.0 Å². The van der Waals surface area contributed by atoms with E-state index in [0.29, 0.717) is 24.0 Å². The Morgan fingerprint density at radius 3 is 2.84 bits per heavy atom. The van der Waals surface area contributed by atoms with E-state index in [1.165, 1.54) is 17.5 Å². The molecule has 0 spiro atoms. The van der Waals surface area contributed by atoms with Crippen LogP contribution in [0, 0.1) is 5.92 Å². The minimum atomic E-state index is 0.0713. The van der Waals surface area contributed by atoms with E-state index in [2.05, 4.69) is 44.9 Å². The van der Waals surface area contributed by atoms with E-state index in [4.69, 9.17) is 0 Å². The lowest BCUT2D eigenvalue weighted by molar-refractivity contribution is 0.0917. The van der Waals surface area contributed by atoms with Gasteiger partial charge >= 0.3 is 0 Å². The van der Waals surface area contributed by atoms with Crippen molar-refractivity contribution in [3.05, 3.63) is 51.7 Å². The van der Waals surface area contributed by atoms with Gasteiger partial charge in [0, 0.05) is 29.3 Å². The Labute approximate surface area is 152 Å². The number of carbonyl (C=O) groups is 1. The molecule has 5 rings (SSSR count). The predicted molar refractivity (Wildman–Crippen MR) is 101 cm³/mol. The van der Waals surface area contributed by atoms with Crippen LogP contribution in [0.15, 0.2) is 35.0 Å². The van der Waals surface area contributed by atoms with Gasteiger partial charge in [0.2, 0.25) is 0 Å². The number of fused-ring (bicyclic) bond motifs is 3. The van der Waals surface area contributed by atoms with E-state index in [0.717, 1.165) is 37.1 Å². The van der Waals surface area contributed by atoms with Crippen LogP contribution in [0.25, 0.3) is 0 Å². The number of hydrogen-bond acceptors (Lipinski definition) is 4. The molecule has 3 atom stereocenters. The molecule has 2 aliphatic heterocycles. The molecular formula is C20H23N3OS. The molecule has 0 bridgehead atoms. The van der Waals surface area contributed by atoms with E-state index in [-0.39, 0.29) is 5.91 Å². The van der Waals surface area contributed by atoms with Crippen molar-refractivity contribution in [3.8, 4) is 0 Å². The second-order valence-corrected chi connectivity index (χ2v) is 8.25. The third-order valence-corrected chi connectivity index (χ3v) is 6.70. The topological polar surface area (TPSA) is 53.2 Å². The van der Waals surface area contributed by atoms with Gasteiger partial charge in [0.15, 0.2) is 0 Å². The smallest absolute Gasteiger partial charge is 0.251 e. The minimum absolute atomic E-state index is 0.0713. The first-order valence-electron chi connectivity index (χ1n) is 9.26. The summed E-state index contributed by atoms with van der Waals surface area (Å²) in [4.78, 5) is 12.5. The maximum Gasteiger partial charge on any atom is 0.251 e. The molecule has 1 saturated carbocycles. The van der Waals surface area contributed by atoms with Gasteiger partial charge in [-0.15, -0.1) is 0 Å². The third kappa shape index (κ3) is 2.66. The van der Waals surface area contributed by atoms with Gasteiger partial charge in [0.05, 0.1) is 6.04 Å². The van der Waals surface area contributed by atoms with Gasteiger partial charge in [-0.1, -0.05) is 0 Å². The van der Waals surface area contributed by atoms with Gasteiger partial charge in [0.25, 0.3) is 5.91 Å². The quantitative estimate of drug-likeness (QED) is 0.786. The average Bonchev–Trinajstić information content (AvgIpc) is 3.28. The summed E-state index contributed by atoms with van der Waals surface area (Å²) in [5, 5.41) is 15.0. The summed E-state index contributed by atoms with van der Waals surface area (Å²) in [6.45, 7) is 1.04. The predicted octanol–water partition coefficient (Wildman–Crippen LogP) is 3.85. The maximum atomic E-state index is 12.5. The van der Waals surface area contributed by atoms with Gasteiger partial charge in [0.1, 0.15) is 0 Å². The summed E-state index contributed by atoms with van der Waals surface area (Å²) >= 11 is 1.75. The normalized spacial score (nSPS) is 27.8. The molecule has 3 N–H and O–H groups in total. The SMILES string of the molecule is O=C(NC1CCC1)c1ccc2c(c1)C1NCCC1C(c1ccsc1)N2. The van der Waals surface area contributed by atoms with Crippen LogP contribution in [0.4, 0.5) is 5.69 Å². The van der Waals surface area contributed by atoms with Crippen molar-refractivity contribution < 1.29 is 4.79 Å². The largest absolute Gasteiger partial charge is 0.378 e. The van der Waals surface area contributed by atoms with Crippen molar-refractivity contribution in [1.82, 2.24) is 10.6 Å². The Balaban J connectivity index is 1.45. The zero-order valence-electron chi connectivity index (χ0n) is 14.1. The van der Waals surface area contributed by atoms with Crippen molar-refractivity contribution in [2.75, 3.05) is 11.9 Å². The summed E-state index contributed by atoms with van der Waals surface area (Å²) in [7, 11) is 0. The number of hydrogen-bond donors (Lipinski definition) is 3. The first-order chi connectivity index (χ1) is 12.3. The number of anilines is 1. The molecule has 1 aromatic carbocycles. The highest BCUT2D eigenvalue weighted by Crippen LogP contribution is 2.47. The highest BCUT2D eigenvalue weighted by atomic mass is 32.1. The lowest BCUT2D eigenvalue weighted by atomic mass is 9.80. The van der Waals surface area contributed by atoms with Crippen molar-refractivity contribution in [2.24, 2.45) is 5.92 Å². The molecule has 2 aromatic rings. The monoisotopic (exact) mass is 353 g/mol. The third-order valence-electron chi connectivity index (χ3n) is 6.00. The fraction of sp³-hybridized carbons (Fsp3) is 0.450. The van der Waals surface area contributed by atoms with Gasteiger partial charge in [-0.3, -0.25) is 4.79 Å². The first kappa shape index (κ1) is 15.4. The van der Waals surface area contributed by atoms with Crippen LogP contribution in [-0.2, 0) is 0 Å². The van der Waals surface area contributed by atoms with Gasteiger partial charge in [-0.2, -0.15) is 11.3 Å². The van der Waals surface area contributed by atoms with Crippen molar-refractivity contribution in [2.45, 2.75) is 43.8 Å². The molecule has 130 valence electrons. The molecular weight excluding hydrogens is 330 g/mol. The van der Waals surface area contributed by atoms with E-state index in [1.54, 1.807) is 11.3 Å². The highest BCUT2D eigenvalue weighted by Gasteiger charge is 2.40. The Hall–Kier alpha value is -1.85. The van der Waals surface area contributed by atoms with Crippen LogP contribution in [0.1, 0.15) is 59.3 Å². The maximum absolute atomic E-state index is 12.5. The van der Waals surface area contributed by atoms with E-state index in [9.17, 15) is 4.79 Å². The average molecular weight is 353 g/mol. The zero-order valence-corrected chi connectivity index (χ0v) is 14.9. The molecule has 1 aliphatic carbocycles. The second kappa shape index (κ2) is 6.15. The Kier molecular flexibility index (Phi) is 3.79. The number of thiophene rings is 1. The van der Waals surface area contributed by atoms with Gasteiger partial charge in [-0.05, 0) is 78.4 Å². The van der Waals surface area contributed by atoms with E-state index in [1.807, 2.05) is 6.07 Å². The molecule has 2 fully saturated rings. The molecule has 1 aromatic heterocycles. The summed E-state index contributed by atoms with van der Waals surface area (Å²) < 4.78 is 0. The van der Waals surface area contributed by atoms with Crippen LogP contribution in [0.2, 0.25) is 0 Å². The van der Waals surface area contributed by atoms with Crippen LogP contribution < -0.4 is 16.0 Å². The number of carbonyl (C=O) groups excluding carboxylic acids is 1. The molecule has 5 heteroatoms. The van der Waals surface area contributed by atoms with E-state index >= 15 is 0 Å². The zero-order chi connectivity index (χ0) is 16.8. The number of nitrogens with one attached hydrogen (secondary N) is 3. The fourth-order valence-corrected chi connectivity index (χ4v) is 5.09. The molecule has 0 radical (unpaired) electrons. The highest BCUT2D eigenvalue weighted by molar-refractivity contribution is 7.08.